The molecule has 1 N–H and O–H groups in total. The Morgan fingerprint density at radius 3 is 2.46 bits per heavy atom. The molecule has 1 unspecified atom stereocenters. The molecule has 140 valence electrons. The van der Waals surface area contributed by atoms with Gasteiger partial charge >= 0.3 is 5.97 Å². The molecule has 1 heterocycles. The van der Waals surface area contributed by atoms with Crippen molar-refractivity contribution in [2.75, 3.05) is 19.0 Å². The molecule has 7 heteroatoms. The molecule has 6 nitrogen and oxygen atoms in total. The zero-order valence-corrected chi connectivity index (χ0v) is 16.4. The number of esters is 1. The summed E-state index contributed by atoms with van der Waals surface area (Å²) in [4.78, 5) is 25.7. The van der Waals surface area contributed by atoms with Crippen LogP contribution in [0, 0.1) is 13.8 Å². The number of carbonyl (C=O) groups excluding carboxylic acids is 2. The van der Waals surface area contributed by atoms with Gasteiger partial charge in [0.05, 0.1) is 19.3 Å². The van der Waals surface area contributed by atoms with Crippen molar-refractivity contribution < 1.29 is 23.8 Å². The van der Waals surface area contributed by atoms with E-state index in [4.69, 9.17) is 14.2 Å². The quantitative estimate of drug-likeness (QED) is 0.740. The molecule has 1 atom stereocenters. The number of rotatable bonds is 7. The van der Waals surface area contributed by atoms with Crippen molar-refractivity contribution in [2.45, 2.75) is 33.8 Å². The zero-order chi connectivity index (χ0) is 19.3. The average molecular weight is 377 g/mol. The lowest BCUT2D eigenvalue weighted by Crippen LogP contribution is -2.30. The Balaban J connectivity index is 2.16. The van der Waals surface area contributed by atoms with E-state index in [-0.39, 0.29) is 12.5 Å². The number of anilines is 1. The maximum absolute atomic E-state index is 12.5. The van der Waals surface area contributed by atoms with Crippen LogP contribution in [0.1, 0.15) is 34.6 Å². The zero-order valence-electron chi connectivity index (χ0n) is 15.5. The van der Waals surface area contributed by atoms with Gasteiger partial charge in [0.1, 0.15) is 5.00 Å². The van der Waals surface area contributed by atoms with Crippen LogP contribution in [0.25, 0.3) is 0 Å². The minimum atomic E-state index is -0.774. The Hall–Kier alpha value is -2.54. The molecular formula is C19H23NO5S. The van der Waals surface area contributed by atoms with Gasteiger partial charge in [-0.05, 0) is 45.4 Å². The fraction of sp³-hybridized carbons (Fsp3) is 0.368. The topological polar surface area (TPSA) is 73.9 Å². The van der Waals surface area contributed by atoms with E-state index in [1.54, 1.807) is 32.0 Å². The van der Waals surface area contributed by atoms with Gasteiger partial charge in [-0.15, -0.1) is 11.3 Å². The number of methoxy groups -OCH3 is 1. The van der Waals surface area contributed by atoms with Gasteiger partial charge in [0, 0.05) is 4.88 Å². The lowest BCUT2D eigenvalue weighted by atomic mass is 10.1. The Labute approximate surface area is 157 Å². The molecule has 1 aromatic heterocycles. The number of amides is 1. The molecule has 26 heavy (non-hydrogen) atoms. The van der Waals surface area contributed by atoms with E-state index in [0.717, 1.165) is 10.4 Å². The van der Waals surface area contributed by atoms with Crippen molar-refractivity contribution in [3.8, 4) is 11.5 Å². The number of aryl methyl sites for hydroxylation is 1. The second-order valence-electron chi connectivity index (χ2n) is 5.61. The number of hydrogen-bond donors (Lipinski definition) is 1. The highest BCUT2D eigenvalue weighted by molar-refractivity contribution is 7.16. The van der Waals surface area contributed by atoms with Crippen LogP contribution in [0.5, 0.6) is 11.5 Å². The summed E-state index contributed by atoms with van der Waals surface area (Å²) in [5, 5.41) is 3.25. The van der Waals surface area contributed by atoms with Gasteiger partial charge in [-0.25, -0.2) is 4.79 Å². The fourth-order valence-electron chi connectivity index (χ4n) is 2.34. The Morgan fingerprint density at radius 1 is 1.19 bits per heavy atom. The molecule has 0 aliphatic rings. The van der Waals surface area contributed by atoms with Crippen molar-refractivity contribution in [2.24, 2.45) is 0 Å². The average Bonchev–Trinajstić information content (AvgIpc) is 2.89. The molecule has 0 saturated carbocycles. The number of para-hydroxylation sites is 2. The Kier molecular flexibility index (Phi) is 6.63. The highest BCUT2D eigenvalue weighted by atomic mass is 32.1. The third-order valence-electron chi connectivity index (χ3n) is 3.84. The second-order valence-corrected chi connectivity index (χ2v) is 6.83. The maximum Gasteiger partial charge on any atom is 0.341 e. The molecule has 0 fully saturated rings. The van der Waals surface area contributed by atoms with Crippen LogP contribution in [0.2, 0.25) is 0 Å². The first kappa shape index (κ1) is 19.8. The van der Waals surface area contributed by atoms with E-state index in [0.29, 0.717) is 22.1 Å². The van der Waals surface area contributed by atoms with Crippen molar-refractivity contribution in [1.29, 1.82) is 0 Å². The van der Waals surface area contributed by atoms with Crippen molar-refractivity contribution in [1.82, 2.24) is 0 Å². The van der Waals surface area contributed by atoms with Crippen LogP contribution in [-0.2, 0) is 9.53 Å². The first-order valence-corrected chi connectivity index (χ1v) is 9.08. The van der Waals surface area contributed by atoms with E-state index in [1.807, 2.05) is 19.9 Å². The third-order valence-corrected chi connectivity index (χ3v) is 4.97. The van der Waals surface area contributed by atoms with Gasteiger partial charge in [-0.3, -0.25) is 4.79 Å². The van der Waals surface area contributed by atoms with E-state index in [2.05, 4.69) is 5.32 Å². The molecule has 0 saturated heterocycles. The molecule has 1 amide bonds. The van der Waals surface area contributed by atoms with Crippen molar-refractivity contribution in [3.05, 3.63) is 40.3 Å². The fourth-order valence-corrected chi connectivity index (χ4v) is 3.39. The van der Waals surface area contributed by atoms with Crippen LogP contribution in [0.3, 0.4) is 0 Å². The Morgan fingerprint density at radius 2 is 1.85 bits per heavy atom. The van der Waals surface area contributed by atoms with E-state index < -0.39 is 12.1 Å². The van der Waals surface area contributed by atoms with Gasteiger partial charge in [-0.1, -0.05) is 12.1 Å². The summed E-state index contributed by atoms with van der Waals surface area (Å²) in [7, 11) is 1.54. The van der Waals surface area contributed by atoms with Crippen LogP contribution >= 0.6 is 11.3 Å². The van der Waals surface area contributed by atoms with Crippen LogP contribution in [0.4, 0.5) is 5.00 Å². The van der Waals surface area contributed by atoms with Gasteiger partial charge < -0.3 is 19.5 Å². The molecule has 0 radical (unpaired) electrons. The van der Waals surface area contributed by atoms with E-state index >= 15 is 0 Å². The minimum absolute atomic E-state index is 0.272. The molecule has 0 bridgehead atoms. The summed E-state index contributed by atoms with van der Waals surface area (Å²) in [6.45, 7) is 7.39. The standard InChI is InChI=1S/C19H23NO5S/c1-6-24-19(22)16-11(2)13(4)26-18(16)20-17(21)12(3)25-15-10-8-7-9-14(15)23-5/h7-10,12H,6H2,1-5H3,(H,20,21). The predicted octanol–water partition coefficient (Wildman–Crippen LogP) is 3.96. The number of nitrogens with one attached hydrogen (secondary N) is 1. The smallest absolute Gasteiger partial charge is 0.341 e. The van der Waals surface area contributed by atoms with Gasteiger partial charge in [-0.2, -0.15) is 0 Å². The SMILES string of the molecule is CCOC(=O)c1c(NC(=O)C(C)Oc2ccccc2OC)sc(C)c1C. The summed E-state index contributed by atoms with van der Waals surface area (Å²) < 4.78 is 16.0. The third kappa shape index (κ3) is 4.35. The monoisotopic (exact) mass is 377 g/mol. The highest BCUT2D eigenvalue weighted by Gasteiger charge is 2.24. The molecule has 0 spiro atoms. The summed E-state index contributed by atoms with van der Waals surface area (Å²) in [5.74, 6) is 0.217. The molecule has 0 aliphatic carbocycles. The highest BCUT2D eigenvalue weighted by Crippen LogP contribution is 2.33. The maximum atomic E-state index is 12.5. The van der Waals surface area contributed by atoms with Gasteiger partial charge in [0.2, 0.25) is 0 Å². The predicted molar refractivity (Wildman–Crippen MR) is 101 cm³/mol. The summed E-state index contributed by atoms with van der Waals surface area (Å²) in [6, 6.07) is 7.10. The first-order valence-electron chi connectivity index (χ1n) is 8.26. The van der Waals surface area contributed by atoms with Gasteiger partial charge in [0.25, 0.3) is 5.91 Å². The van der Waals surface area contributed by atoms with Crippen molar-refractivity contribution >= 4 is 28.2 Å². The molecule has 1 aromatic carbocycles. The molecule has 0 aliphatic heterocycles. The lowest BCUT2D eigenvalue weighted by Gasteiger charge is -2.16. The number of hydrogen-bond acceptors (Lipinski definition) is 6. The lowest BCUT2D eigenvalue weighted by molar-refractivity contribution is -0.122. The van der Waals surface area contributed by atoms with Crippen molar-refractivity contribution in [3.63, 3.8) is 0 Å². The normalized spacial score (nSPS) is 11.6. The molecular weight excluding hydrogens is 354 g/mol. The summed E-state index contributed by atoms with van der Waals surface area (Å²) in [5.41, 5.74) is 1.20. The van der Waals surface area contributed by atoms with Gasteiger partial charge in [0.15, 0.2) is 17.6 Å². The summed E-state index contributed by atoms with van der Waals surface area (Å²) in [6.07, 6.45) is -0.774. The summed E-state index contributed by atoms with van der Waals surface area (Å²) >= 11 is 1.34. The first-order chi connectivity index (χ1) is 12.4. The molecule has 2 rings (SSSR count). The minimum Gasteiger partial charge on any atom is -0.493 e. The molecule has 2 aromatic rings. The second kappa shape index (κ2) is 8.71. The van der Waals surface area contributed by atoms with Crippen LogP contribution in [0.15, 0.2) is 24.3 Å². The number of carbonyl (C=O) groups is 2. The van der Waals surface area contributed by atoms with E-state index in [9.17, 15) is 9.59 Å². The number of thiophene rings is 1. The number of ether oxygens (including phenoxy) is 3. The largest absolute Gasteiger partial charge is 0.493 e. The van der Waals surface area contributed by atoms with Crippen LogP contribution < -0.4 is 14.8 Å². The van der Waals surface area contributed by atoms with E-state index in [1.165, 1.54) is 18.4 Å². The van der Waals surface area contributed by atoms with Crippen LogP contribution in [-0.4, -0.2) is 31.7 Å². The number of benzene rings is 1. The Bertz CT molecular complexity index is 799.